The third-order valence-electron chi connectivity index (χ3n) is 3.65. The highest BCUT2D eigenvalue weighted by atomic mass is 16.5. The van der Waals surface area contributed by atoms with Crippen LogP contribution in [0.15, 0.2) is 30.2 Å². The molecule has 0 amide bonds. The van der Waals surface area contributed by atoms with Gasteiger partial charge >= 0.3 is 0 Å². The zero-order valence-corrected chi connectivity index (χ0v) is 8.83. The van der Waals surface area contributed by atoms with Gasteiger partial charge in [0.1, 0.15) is 5.76 Å². The molecule has 2 unspecified atom stereocenters. The van der Waals surface area contributed by atoms with Gasteiger partial charge in [-0.1, -0.05) is 24.5 Å². The highest BCUT2D eigenvalue weighted by molar-refractivity contribution is 5.06. The van der Waals surface area contributed by atoms with E-state index in [1.807, 2.05) is 0 Å². The highest BCUT2D eigenvalue weighted by Crippen LogP contribution is 2.45. The predicted octanol–water partition coefficient (Wildman–Crippen LogP) is 3.29. The zero-order valence-electron chi connectivity index (χ0n) is 8.83. The maximum absolute atomic E-state index is 5.31. The second-order valence-electron chi connectivity index (χ2n) is 4.38. The summed E-state index contributed by atoms with van der Waals surface area (Å²) in [6, 6.07) is 0. The fourth-order valence-corrected chi connectivity index (χ4v) is 2.93. The maximum Gasteiger partial charge on any atom is 0.140 e. The summed E-state index contributed by atoms with van der Waals surface area (Å²) in [5, 5.41) is 0. The molecular weight excluding hydrogens is 172 g/mol. The first-order chi connectivity index (χ1) is 6.85. The van der Waals surface area contributed by atoms with Gasteiger partial charge in [-0.15, -0.1) is 0 Å². The van der Waals surface area contributed by atoms with Gasteiger partial charge in [-0.3, -0.25) is 0 Å². The van der Waals surface area contributed by atoms with Crippen LogP contribution < -0.4 is 0 Å². The Morgan fingerprint density at radius 1 is 1.29 bits per heavy atom. The molecule has 0 aliphatic heterocycles. The Morgan fingerprint density at radius 3 is 2.29 bits per heavy atom. The number of hydrogen-bond donors (Lipinski definition) is 0. The SMILES string of the molecule is C=C=C(OC)C1CC2CC=CCC2C1. The molecule has 14 heavy (non-hydrogen) atoms. The van der Waals surface area contributed by atoms with Gasteiger partial charge in [-0.25, -0.2) is 0 Å². The summed E-state index contributed by atoms with van der Waals surface area (Å²) in [6.45, 7) is 3.69. The second kappa shape index (κ2) is 4.06. The van der Waals surface area contributed by atoms with Gasteiger partial charge in [0.05, 0.1) is 7.11 Å². The highest BCUT2D eigenvalue weighted by Gasteiger charge is 2.36. The monoisotopic (exact) mass is 190 g/mol. The van der Waals surface area contributed by atoms with Crippen LogP contribution in [0.1, 0.15) is 25.7 Å². The van der Waals surface area contributed by atoms with E-state index in [-0.39, 0.29) is 0 Å². The van der Waals surface area contributed by atoms with Crippen molar-refractivity contribution in [2.24, 2.45) is 17.8 Å². The van der Waals surface area contributed by atoms with Crippen molar-refractivity contribution in [3.63, 3.8) is 0 Å². The Kier molecular flexibility index (Phi) is 2.79. The van der Waals surface area contributed by atoms with Crippen molar-refractivity contribution in [1.82, 2.24) is 0 Å². The van der Waals surface area contributed by atoms with Crippen molar-refractivity contribution in [2.45, 2.75) is 25.7 Å². The smallest absolute Gasteiger partial charge is 0.140 e. The molecule has 0 heterocycles. The van der Waals surface area contributed by atoms with Crippen molar-refractivity contribution in [3.05, 3.63) is 30.2 Å². The van der Waals surface area contributed by atoms with Gasteiger partial charge in [0, 0.05) is 5.92 Å². The summed E-state index contributed by atoms with van der Waals surface area (Å²) in [7, 11) is 1.73. The van der Waals surface area contributed by atoms with Crippen molar-refractivity contribution < 1.29 is 4.74 Å². The first kappa shape index (κ1) is 9.61. The number of fused-ring (bicyclic) bond motifs is 1. The van der Waals surface area contributed by atoms with E-state index in [0.717, 1.165) is 17.6 Å². The fraction of sp³-hybridized carbons (Fsp3) is 0.615. The molecule has 0 aromatic rings. The van der Waals surface area contributed by atoms with Gasteiger partial charge in [-0.05, 0) is 37.5 Å². The number of hydrogen-bond acceptors (Lipinski definition) is 1. The maximum atomic E-state index is 5.31. The van der Waals surface area contributed by atoms with Gasteiger partial charge < -0.3 is 4.74 Å². The normalized spacial score (nSPS) is 34.8. The molecule has 0 aromatic heterocycles. The van der Waals surface area contributed by atoms with Crippen molar-refractivity contribution in [2.75, 3.05) is 7.11 Å². The molecule has 2 atom stereocenters. The molecular formula is C13H18O. The summed E-state index contributed by atoms with van der Waals surface area (Å²) < 4.78 is 5.31. The van der Waals surface area contributed by atoms with E-state index in [4.69, 9.17) is 4.74 Å². The Hall–Kier alpha value is -0.940. The Bertz CT molecular complexity index is 268. The number of allylic oxidation sites excluding steroid dienone is 3. The van der Waals surface area contributed by atoms with Crippen molar-refractivity contribution >= 4 is 0 Å². The van der Waals surface area contributed by atoms with E-state index in [0.29, 0.717) is 5.92 Å². The molecule has 0 N–H and O–H groups in total. The molecule has 2 rings (SSSR count). The molecule has 1 nitrogen and oxygen atoms in total. The number of ether oxygens (including phenoxy) is 1. The molecule has 0 saturated heterocycles. The molecule has 76 valence electrons. The van der Waals surface area contributed by atoms with Gasteiger partial charge in [0.25, 0.3) is 0 Å². The minimum Gasteiger partial charge on any atom is -0.493 e. The van der Waals surface area contributed by atoms with E-state index < -0.39 is 0 Å². The zero-order chi connectivity index (χ0) is 9.97. The number of methoxy groups -OCH3 is 1. The molecule has 0 aromatic carbocycles. The lowest BCUT2D eigenvalue weighted by molar-refractivity contribution is 0.240. The predicted molar refractivity (Wildman–Crippen MR) is 57.7 cm³/mol. The first-order valence-corrected chi connectivity index (χ1v) is 5.44. The van der Waals surface area contributed by atoms with Crippen molar-refractivity contribution in [3.8, 4) is 0 Å². The third-order valence-corrected chi connectivity index (χ3v) is 3.65. The summed E-state index contributed by atoms with van der Waals surface area (Å²) in [5.74, 6) is 3.30. The van der Waals surface area contributed by atoms with Crippen LogP contribution in [0.25, 0.3) is 0 Å². The standard InChI is InChI=1S/C13H18O/c1-3-13(14-2)12-8-10-6-4-5-7-11(10)9-12/h4-5,10-12H,1,6-9H2,2H3. The van der Waals surface area contributed by atoms with Crippen molar-refractivity contribution in [1.29, 1.82) is 0 Å². The lowest BCUT2D eigenvalue weighted by Gasteiger charge is -2.19. The van der Waals surface area contributed by atoms with Gasteiger partial charge in [-0.2, -0.15) is 0 Å². The molecule has 0 bridgehead atoms. The molecule has 0 spiro atoms. The summed E-state index contributed by atoms with van der Waals surface area (Å²) in [5.41, 5.74) is 2.93. The molecule has 0 radical (unpaired) electrons. The lowest BCUT2D eigenvalue weighted by atomic mass is 9.86. The van der Waals surface area contributed by atoms with E-state index in [9.17, 15) is 0 Å². The van der Waals surface area contributed by atoms with Crippen LogP contribution >= 0.6 is 0 Å². The summed E-state index contributed by atoms with van der Waals surface area (Å²) in [6.07, 6.45) is 9.70. The minimum atomic E-state index is 0.576. The Balaban J connectivity index is 2.04. The first-order valence-electron chi connectivity index (χ1n) is 5.44. The van der Waals surface area contributed by atoms with Gasteiger partial charge in [0.2, 0.25) is 0 Å². The molecule has 2 aliphatic rings. The summed E-state index contributed by atoms with van der Waals surface area (Å²) >= 11 is 0. The molecule has 2 aliphatic carbocycles. The van der Waals surface area contributed by atoms with Crippen LogP contribution in [0.4, 0.5) is 0 Å². The average molecular weight is 190 g/mol. The Labute approximate surface area is 86.2 Å². The topological polar surface area (TPSA) is 9.23 Å². The molecule has 1 fully saturated rings. The van der Waals surface area contributed by atoms with Crippen LogP contribution in [0, 0.1) is 17.8 Å². The second-order valence-corrected chi connectivity index (χ2v) is 4.38. The number of rotatable bonds is 2. The lowest BCUT2D eigenvalue weighted by Crippen LogP contribution is -2.08. The van der Waals surface area contributed by atoms with E-state index >= 15 is 0 Å². The van der Waals surface area contributed by atoms with Crippen LogP contribution in [0.5, 0.6) is 0 Å². The van der Waals surface area contributed by atoms with Crippen LogP contribution in [0.2, 0.25) is 0 Å². The van der Waals surface area contributed by atoms with Crippen LogP contribution in [-0.4, -0.2) is 7.11 Å². The quantitative estimate of drug-likeness (QED) is 0.369. The van der Waals surface area contributed by atoms with Gasteiger partial charge in [0.15, 0.2) is 0 Å². The average Bonchev–Trinajstić information content (AvgIpc) is 2.63. The summed E-state index contributed by atoms with van der Waals surface area (Å²) in [4.78, 5) is 0. The van der Waals surface area contributed by atoms with E-state index in [1.54, 1.807) is 7.11 Å². The van der Waals surface area contributed by atoms with E-state index in [1.165, 1.54) is 25.7 Å². The largest absolute Gasteiger partial charge is 0.493 e. The fourth-order valence-electron chi connectivity index (χ4n) is 2.93. The third kappa shape index (κ3) is 1.65. The van der Waals surface area contributed by atoms with Crippen LogP contribution in [-0.2, 0) is 4.74 Å². The molecule has 1 saturated carbocycles. The Morgan fingerprint density at radius 2 is 1.86 bits per heavy atom. The minimum absolute atomic E-state index is 0.576. The molecule has 1 heteroatoms. The van der Waals surface area contributed by atoms with E-state index in [2.05, 4.69) is 24.5 Å². The van der Waals surface area contributed by atoms with Crippen LogP contribution in [0.3, 0.4) is 0 Å².